The van der Waals surface area contributed by atoms with Crippen molar-refractivity contribution in [1.29, 1.82) is 0 Å². The molecule has 0 aliphatic carbocycles. The van der Waals surface area contributed by atoms with E-state index in [9.17, 15) is 4.79 Å². The van der Waals surface area contributed by atoms with Crippen molar-refractivity contribution in [1.82, 2.24) is 14.8 Å². The third kappa shape index (κ3) is 4.57. The lowest BCUT2D eigenvalue weighted by Crippen LogP contribution is -2.07. The Labute approximate surface area is 133 Å². The second-order valence-electron chi connectivity index (χ2n) is 4.47. The molecule has 0 bridgehead atoms. The molecule has 0 unspecified atom stereocenters. The van der Waals surface area contributed by atoms with Crippen molar-refractivity contribution in [3.8, 4) is 5.75 Å². The van der Waals surface area contributed by atoms with E-state index in [-0.39, 0.29) is 5.78 Å². The minimum absolute atomic E-state index is 0.0503. The normalized spacial score (nSPS) is 10.6. The van der Waals surface area contributed by atoms with Crippen LogP contribution in [0.5, 0.6) is 5.75 Å². The number of methoxy groups -OCH3 is 1. The third-order valence-electron chi connectivity index (χ3n) is 2.94. The van der Waals surface area contributed by atoms with Gasteiger partial charge in [-0.05, 0) is 31.2 Å². The first-order valence-corrected chi connectivity index (χ1v) is 7.98. The summed E-state index contributed by atoms with van der Waals surface area (Å²) in [4.78, 5) is 12.2. The molecule has 2 rings (SSSR count). The van der Waals surface area contributed by atoms with Crippen LogP contribution in [-0.2, 0) is 11.3 Å². The van der Waals surface area contributed by atoms with Crippen LogP contribution >= 0.6 is 11.8 Å². The molecule has 7 heteroatoms. The van der Waals surface area contributed by atoms with Gasteiger partial charge in [-0.15, -0.1) is 10.2 Å². The van der Waals surface area contributed by atoms with Gasteiger partial charge >= 0.3 is 0 Å². The Hall–Kier alpha value is -1.86. The van der Waals surface area contributed by atoms with Crippen molar-refractivity contribution in [3.05, 3.63) is 36.2 Å². The Morgan fingerprint density at radius 3 is 2.77 bits per heavy atom. The van der Waals surface area contributed by atoms with Crippen LogP contribution in [0, 0.1) is 0 Å². The van der Waals surface area contributed by atoms with Crippen molar-refractivity contribution in [2.45, 2.75) is 18.6 Å². The molecule has 0 aliphatic rings. The minimum atomic E-state index is 0.0503. The van der Waals surface area contributed by atoms with Crippen molar-refractivity contribution in [2.75, 3.05) is 26.1 Å². The molecule has 22 heavy (non-hydrogen) atoms. The summed E-state index contributed by atoms with van der Waals surface area (Å²) in [5.41, 5.74) is 0.666. The molecule has 0 saturated carbocycles. The van der Waals surface area contributed by atoms with Crippen molar-refractivity contribution < 1.29 is 14.3 Å². The summed E-state index contributed by atoms with van der Waals surface area (Å²) >= 11 is 1.37. The lowest BCUT2D eigenvalue weighted by atomic mass is 10.1. The molecule has 0 amide bonds. The van der Waals surface area contributed by atoms with Gasteiger partial charge in [0, 0.05) is 19.2 Å². The van der Waals surface area contributed by atoms with Crippen LogP contribution in [0.2, 0.25) is 0 Å². The highest BCUT2D eigenvalue weighted by atomic mass is 32.2. The van der Waals surface area contributed by atoms with Gasteiger partial charge in [-0.25, -0.2) is 0 Å². The van der Waals surface area contributed by atoms with Gasteiger partial charge in [-0.2, -0.15) is 0 Å². The number of carbonyl (C=O) groups is 1. The maximum Gasteiger partial charge on any atom is 0.191 e. The van der Waals surface area contributed by atoms with E-state index < -0.39 is 0 Å². The molecule has 2 aromatic rings. The summed E-state index contributed by atoms with van der Waals surface area (Å²) < 4.78 is 12.3. The highest BCUT2D eigenvalue weighted by molar-refractivity contribution is 7.99. The molecular formula is C15H19N3O3S. The molecule has 0 radical (unpaired) electrons. The van der Waals surface area contributed by atoms with Crippen LogP contribution in [-0.4, -0.2) is 46.6 Å². The van der Waals surface area contributed by atoms with Crippen LogP contribution in [0.3, 0.4) is 0 Å². The number of ketones is 1. The number of aromatic nitrogens is 3. The number of hydrogen-bond acceptors (Lipinski definition) is 6. The van der Waals surface area contributed by atoms with Gasteiger partial charge in [0.2, 0.25) is 0 Å². The molecule has 0 atom stereocenters. The SMILES string of the molecule is CCOc1ccc(C(=O)CSc2nncn2CCOC)cc1. The quantitative estimate of drug-likeness (QED) is 0.521. The zero-order valence-corrected chi connectivity index (χ0v) is 13.5. The molecule has 118 valence electrons. The predicted octanol–water partition coefficient (Wildman–Crippen LogP) is 2.30. The Morgan fingerprint density at radius 2 is 2.09 bits per heavy atom. The molecule has 6 nitrogen and oxygen atoms in total. The van der Waals surface area contributed by atoms with E-state index in [2.05, 4.69) is 10.2 Å². The fourth-order valence-corrected chi connectivity index (χ4v) is 2.65. The summed E-state index contributed by atoms with van der Waals surface area (Å²) in [6.07, 6.45) is 1.64. The summed E-state index contributed by atoms with van der Waals surface area (Å²) in [6, 6.07) is 7.18. The molecule has 0 N–H and O–H groups in total. The van der Waals surface area contributed by atoms with Crippen molar-refractivity contribution in [2.24, 2.45) is 0 Å². The third-order valence-corrected chi connectivity index (χ3v) is 3.92. The van der Waals surface area contributed by atoms with Gasteiger partial charge in [0.1, 0.15) is 12.1 Å². The van der Waals surface area contributed by atoms with E-state index in [0.29, 0.717) is 31.1 Å². The average molecular weight is 321 g/mol. The van der Waals surface area contributed by atoms with Crippen LogP contribution in [0.25, 0.3) is 0 Å². The zero-order chi connectivity index (χ0) is 15.8. The first kappa shape index (κ1) is 16.5. The average Bonchev–Trinajstić information content (AvgIpc) is 2.99. The minimum Gasteiger partial charge on any atom is -0.494 e. The lowest BCUT2D eigenvalue weighted by molar-refractivity contribution is 0.102. The molecular weight excluding hydrogens is 302 g/mol. The summed E-state index contributed by atoms with van der Waals surface area (Å²) in [5, 5.41) is 8.61. The Kier molecular flexibility index (Phi) is 6.42. The Balaban J connectivity index is 1.91. The van der Waals surface area contributed by atoms with Gasteiger partial charge in [0.25, 0.3) is 0 Å². The van der Waals surface area contributed by atoms with Crippen LogP contribution in [0.15, 0.2) is 35.7 Å². The van der Waals surface area contributed by atoms with E-state index in [1.807, 2.05) is 23.6 Å². The molecule has 0 spiro atoms. The fraction of sp³-hybridized carbons (Fsp3) is 0.400. The lowest BCUT2D eigenvalue weighted by Gasteiger charge is -2.06. The summed E-state index contributed by atoms with van der Waals surface area (Å²) in [5.74, 6) is 1.14. The zero-order valence-electron chi connectivity index (χ0n) is 12.7. The molecule has 0 saturated heterocycles. The largest absolute Gasteiger partial charge is 0.494 e. The van der Waals surface area contributed by atoms with Crippen LogP contribution in [0.4, 0.5) is 0 Å². The number of thioether (sulfide) groups is 1. The fourth-order valence-electron chi connectivity index (χ4n) is 1.82. The van der Waals surface area contributed by atoms with Crippen molar-refractivity contribution >= 4 is 17.5 Å². The van der Waals surface area contributed by atoms with Crippen LogP contribution in [0.1, 0.15) is 17.3 Å². The second kappa shape index (κ2) is 8.55. The maximum absolute atomic E-state index is 12.2. The van der Waals surface area contributed by atoms with Gasteiger partial charge < -0.3 is 14.0 Å². The smallest absolute Gasteiger partial charge is 0.191 e. The number of hydrogen-bond donors (Lipinski definition) is 0. The molecule has 1 aromatic carbocycles. The highest BCUT2D eigenvalue weighted by Gasteiger charge is 2.10. The molecule has 1 heterocycles. The van der Waals surface area contributed by atoms with Gasteiger partial charge in [0.15, 0.2) is 10.9 Å². The van der Waals surface area contributed by atoms with Gasteiger partial charge in [-0.3, -0.25) is 4.79 Å². The van der Waals surface area contributed by atoms with Crippen LogP contribution < -0.4 is 4.74 Å². The monoisotopic (exact) mass is 321 g/mol. The number of ether oxygens (including phenoxy) is 2. The maximum atomic E-state index is 12.2. The van der Waals surface area contributed by atoms with E-state index in [1.165, 1.54) is 11.8 Å². The summed E-state index contributed by atoms with van der Waals surface area (Å²) in [6.45, 7) is 3.79. The number of nitrogens with zero attached hydrogens (tertiary/aromatic N) is 3. The highest BCUT2D eigenvalue weighted by Crippen LogP contribution is 2.18. The second-order valence-corrected chi connectivity index (χ2v) is 5.41. The first-order valence-electron chi connectivity index (χ1n) is 7.00. The van der Waals surface area contributed by atoms with E-state index in [0.717, 1.165) is 10.9 Å². The van der Waals surface area contributed by atoms with E-state index in [1.54, 1.807) is 25.6 Å². The molecule has 1 aromatic heterocycles. The van der Waals surface area contributed by atoms with E-state index in [4.69, 9.17) is 9.47 Å². The number of rotatable bonds is 9. The number of Topliss-reactive ketones (excluding diaryl/α,β-unsaturated/α-hetero) is 1. The summed E-state index contributed by atoms with van der Waals surface area (Å²) in [7, 11) is 1.65. The Bertz CT molecular complexity index is 598. The molecule has 0 fully saturated rings. The molecule has 0 aliphatic heterocycles. The predicted molar refractivity (Wildman–Crippen MR) is 84.6 cm³/mol. The van der Waals surface area contributed by atoms with E-state index >= 15 is 0 Å². The number of carbonyl (C=O) groups excluding carboxylic acids is 1. The topological polar surface area (TPSA) is 66.2 Å². The van der Waals surface area contributed by atoms with Gasteiger partial charge in [-0.1, -0.05) is 11.8 Å². The standard InChI is InChI=1S/C15H19N3O3S/c1-3-21-13-6-4-12(5-7-13)14(19)10-22-15-17-16-11-18(15)8-9-20-2/h4-7,11H,3,8-10H2,1-2H3. The first-order chi connectivity index (χ1) is 10.7. The number of benzene rings is 1. The van der Waals surface area contributed by atoms with Crippen molar-refractivity contribution in [3.63, 3.8) is 0 Å². The van der Waals surface area contributed by atoms with Gasteiger partial charge in [0.05, 0.1) is 19.0 Å². The Morgan fingerprint density at radius 1 is 1.32 bits per heavy atom.